The molecule has 3 aromatic carbocycles. The number of hydrogen-bond acceptors (Lipinski definition) is 3. The van der Waals surface area contributed by atoms with Crippen molar-refractivity contribution in [2.45, 2.75) is 25.2 Å². The van der Waals surface area contributed by atoms with Gasteiger partial charge in [-0.3, -0.25) is 4.79 Å². The molecule has 4 rings (SSSR count). The van der Waals surface area contributed by atoms with Gasteiger partial charge < -0.3 is 9.47 Å². The number of carbonyl (C=O) groups is 1. The Labute approximate surface area is 159 Å². The molecule has 3 nitrogen and oxygen atoms in total. The monoisotopic (exact) mass is 360 g/mol. The summed E-state index contributed by atoms with van der Waals surface area (Å²) in [7, 11) is 1.68. The first-order valence-electron chi connectivity index (χ1n) is 9.44. The number of esters is 1. The fraction of sp³-hybridized carbons (Fsp3) is 0.292. The summed E-state index contributed by atoms with van der Waals surface area (Å²) in [6.07, 6.45) is 0. The predicted molar refractivity (Wildman–Crippen MR) is 107 cm³/mol. The quantitative estimate of drug-likeness (QED) is 0.595. The first-order valence-corrected chi connectivity index (χ1v) is 9.44. The van der Waals surface area contributed by atoms with E-state index in [-0.39, 0.29) is 17.8 Å². The first kappa shape index (κ1) is 17.6. The molecule has 0 saturated heterocycles. The van der Waals surface area contributed by atoms with Gasteiger partial charge in [0.05, 0.1) is 13.7 Å². The molecule has 0 aromatic heterocycles. The summed E-state index contributed by atoms with van der Waals surface area (Å²) in [5.74, 6) is 0.949. The largest absolute Gasteiger partial charge is 0.496 e. The molecule has 0 N–H and O–H groups in total. The van der Waals surface area contributed by atoms with E-state index >= 15 is 0 Å². The van der Waals surface area contributed by atoms with Gasteiger partial charge in [0.2, 0.25) is 0 Å². The highest BCUT2D eigenvalue weighted by Gasteiger charge is 2.69. The van der Waals surface area contributed by atoms with Crippen LogP contribution in [0.4, 0.5) is 0 Å². The minimum Gasteiger partial charge on any atom is -0.496 e. The van der Waals surface area contributed by atoms with Gasteiger partial charge in [0.25, 0.3) is 0 Å². The summed E-state index contributed by atoms with van der Waals surface area (Å²) < 4.78 is 11.1. The van der Waals surface area contributed by atoms with Crippen LogP contribution >= 0.6 is 0 Å². The lowest BCUT2D eigenvalue weighted by Crippen LogP contribution is -2.27. The van der Waals surface area contributed by atoms with Crippen molar-refractivity contribution >= 4 is 16.7 Å². The molecule has 1 fully saturated rings. The highest BCUT2D eigenvalue weighted by molar-refractivity contribution is 6.00. The molecule has 1 saturated carbocycles. The van der Waals surface area contributed by atoms with Gasteiger partial charge in [-0.1, -0.05) is 67.6 Å². The normalized spacial score (nSPS) is 23.8. The molecule has 0 bridgehead atoms. The summed E-state index contributed by atoms with van der Waals surface area (Å²) in [6.45, 7) is 4.39. The molecule has 27 heavy (non-hydrogen) atoms. The standard InChI is InChI=1S/C24H24O3/c1-4-27-23(25)24(16(2)22(24)17-10-6-5-7-11-17)20-14-15-21(26-3)19-13-9-8-12-18(19)20/h5-16,22H,4H2,1-3H3. The third kappa shape index (κ3) is 2.53. The van der Waals surface area contributed by atoms with Crippen molar-refractivity contribution in [1.82, 2.24) is 0 Å². The van der Waals surface area contributed by atoms with Crippen molar-refractivity contribution in [3.8, 4) is 5.75 Å². The number of carbonyl (C=O) groups excluding carboxylic acids is 1. The molecule has 1 aliphatic rings. The fourth-order valence-corrected chi connectivity index (χ4v) is 4.67. The van der Waals surface area contributed by atoms with Crippen molar-refractivity contribution in [2.24, 2.45) is 5.92 Å². The van der Waals surface area contributed by atoms with Crippen LogP contribution in [0, 0.1) is 5.92 Å². The van der Waals surface area contributed by atoms with Crippen LogP contribution in [0.1, 0.15) is 30.9 Å². The Morgan fingerprint density at radius 1 is 0.963 bits per heavy atom. The second kappa shape index (κ2) is 6.73. The minimum atomic E-state index is -0.663. The second-order valence-corrected chi connectivity index (χ2v) is 7.13. The molecule has 3 heteroatoms. The van der Waals surface area contributed by atoms with E-state index in [4.69, 9.17) is 9.47 Å². The SMILES string of the molecule is CCOC(=O)C1(c2ccc(OC)c3ccccc23)C(C)C1c1ccccc1. The fourth-order valence-electron chi connectivity index (χ4n) is 4.67. The van der Waals surface area contributed by atoms with Crippen LogP contribution in [0.3, 0.4) is 0 Å². The van der Waals surface area contributed by atoms with E-state index < -0.39 is 5.41 Å². The molecule has 1 aliphatic carbocycles. The van der Waals surface area contributed by atoms with E-state index in [1.54, 1.807) is 7.11 Å². The lowest BCUT2D eigenvalue weighted by Gasteiger charge is -2.20. The van der Waals surface area contributed by atoms with Crippen LogP contribution in [-0.4, -0.2) is 19.7 Å². The highest BCUT2D eigenvalue weighted by atomic mass is 16.5. The van der Waals surface area contributed by atoms with E-state index in [0.717, 1.165) is 22.1 Å². The zero-order chi connectivity index (χ0) is 19.0. The molecule has 0 spiro atoms. The Kier molecular flexibility index (Phi) is 4.39. The van der Waals surface area contributed by atoms with Crippen molar-refractivity contribution < 1.29 is 14.3 Å². The molecule has 0 aliphatic heterocycles. The average Bonchev–Trinajstić information content (AvgIpc) is 3.34. The van der Waals surface area contributed by atoms with Gasteiger partial charge in [-0.25, -0.2) is 0 Å². The molecule has 0 amide bonds. The maximum atomic E-state index is 13.3. The Bertz CT molecular complexity index is 979. The van der Waals surface area contributed by atoms with Gasteiger partial charge in [-0.15, -0.1) is 0 Å². The summed E-state index contributed by atoms with van der Waals surface area (Å²) in [5, 5.41) is 2.07. The third-order valence-corrected chi connectivity index (χ3v) is 5.92. The maximum Gasteiger partial charge on any atom is 0.317 e. The smallest absolute Gasteiger partial charge is 0.317 e. The van der Waals surface area contributed by atoms with Crippen molar-refractivity contribution in [3.05, 3.63) is 77.9 Å². The number of rotatable bonds is 5. The highest BCUT2D eigenvalue weighted by Crippen LogP contribution is 2.67. The van der Waals surface area contributed by atoms with Gasteiger partial charge in [-0.2, -0.15) is 0 Å². The molecule has 138 valence electrons. The van der Waals surface area contributed by atoms with Gasteiger partial charge in [0.15, 0.2) is 0 Å². The molecule has 3 aromatic rings. The zero-order valence-electron chi connectivity index (χ0n) is 15.9. The minimum absolute atomic E-state index is 0.106. The summed E-state index contributed by atoms with van der Waals surface area (Å²) in [4.78, 5) is 13.3. The van der Waals surface area contributed by atoms with E-state index in [9.17, 15) is 4.79 Å². The summed E-state index contributed by atoms with van der Waals surface area (Å²) >= 11 is 0. The van der Waals surface area contributed by atoms with Crippen LogP contribution < -0.4 is 4.74 Å². The van der Waals surface area contributed by atoms with Gasteiger partial charge >= 0.3 is 5.97 Å². The van der Waals surface area contributed by atoms with Gasteiger partial charge in [0.1, 0.15) is 11.2 Å². The van der Waals surface area contributed by atoms with Crippen LogP contribution in [0.2, 0.25) is 0 Å². The van der Waals surface area contributed by atoms with Crippen LogP contribution in [0.15, 0.2) is 66.7 Å². The van der Waals surface area contributed by atoms with E-state index in [1.807, 2.05) is 55.5 Å². The van der Waals surface area contributed by atoms with Crippen molar-refractivity contribution in [2.75, 3.05) is 13.7 Å². The molecule has 3 unspecified atom stereocenters. The summed E-state index contributed by atoms with van der Waals surface area (Å²) in [5.41, 5.74) is 1.54. The maximum absolute atomic E-state index is 13.3. The Balaban J connectivity index is 1.95. The van der Waals surface area contributed by atoms with Crippen LogP contribution in [0.5, 0.6) is 5.75 Å². The summed E-state index contributed by atoms with van der Waals surface area (Å²) in [6, 6.07) is 22.4. The van der Waals surface area contributed by atoms with Crippen molar-refractivity contribution in [1.29, 1.82) is 0 Å². The number of hydrogen-bond donors (Lipinski definition) is 0. The van der Waals surface area contributed by atoms with Crippen LogP contribution in [0.25, 0.3) is 10.8 Å². The van der Waals surface area contributed by atoms with Crippen LogP contribution in [-0.2, 0) is 14.9 Å². The third-order valence-electron chi connectivity index (χ3n) is 5.92. The molecule has 0 radical (unpaired) electrons. The first-order chi connectivity index (χ1) is 13.2. The number of ether oxygens (including phenoxy) is 2. The molecular weight excluding hydrogens is 336 g/mol. The Hall–Kier alpha value is -2.81. The molecule has 3 atom stereocenters. The van der Waals surface area contributed by atoms with E-state index in [0.29, 0.717) is 6.61 Å². The predicted octanol–water partition coefficient (Wildman–Crippen LogP) is 5.08. The second-order valence-electron chi connectivity index (χ2n) is 7.13. The van der Waals surface area contributed by atoms with E-state index in [2.05, 4.69) is 25.1 Å². The number of fused-ring (bicyclic) bond motifs is 1. The molecular formula is C24H24O3. The number of methoxy groups -OCH3 is 1. The Morgan fingerprint density at radius 2 is 1.63 bits per heavy atom. The Morgan fingerprint density at radius 3 is 2.30 bits per heavy atom. The zero-order valence-corrected chi connectivity index (χ0v) is 15.9. The van der Waals surface area contributed by atoms with Gasteiger partial charge in [-0.05, 0) is 35.4 Å². The topological polar surface area (TPSA) is 35.5 Å². The van der Waals surface area contributed by atoms with Crippen molar-refractivity contribution in [3.63, 3.8) is 0 Å². The van der Waals surface area contributed by atoms with E-state index in [1.165, 1.54) is 5.56 Å². The average molecular weight is 360 g/mol. The lowest BCUT2D eigenvalue weighted by molar-refractivity contribution is -0.146. The lowest BCUT2D eigenvalue weighted by atomic mass is 9.86. The molecule has 0 heterocycles. The van der Waals surface area contributed by atoms with Gasteiger partial charge in [0, 0.05) is 11.3 Å². The number of benzene rings is 3.